The Morgan fingerprint density at radius 3 is 2.59 bits per heavy atom. The summed E-state index contributed by atoms with van der Waals surface area (Å²) >= 11 is 0. The van der Waals surface area contributed by atoms with Crippen LogP contribution in [0.1, 0.15) is 25.1 Å². The van der Waals surface area contributed by atoms with Crippen molar-refractivity contribution in [1.29, 1.82) is 0 Å². The minimum atomic E-state index is 0.696. The Morgan fingerprint density at radius 2 is 1.76 bits per heavy atom. The maximum atomic E-state index is 4.44. The summed E-state index contributed by atoms with van der Waals surface area (Å²) in [5.41, 5.74) is 7.39. The lowest BCUT2D eigenvalue weighted by atomic mass is 10.0. The summed E-state index contributed by atoms with van der Waals surface area (Å²) in [6.45, 7) is 4.00. The van der Waals surface area contributed by atoms with Crippen molar-refractivity contribution in [3.63, 3.8) is 0 Å². The van der Waals surface area contributed by atoms with E-state index in [0.717, 1.165) is 29.7 Å². The van der Waals surface area contributed by atoms with Crippen LogP contribution in [0.4, 0.5) is 11.6 Å². The van der Waals surface area contributed by atoms with Gasteiger partial charge in [-0.25, -0.2) is 9.97 Å². The molecule has 29 heavy (non-hydrogen) atoms. The van der Waals surface area contributed by atoms with Crippen molar-refractivity contribution in [3.05, 3.63) is 78.4 Å². The molecule has 2 aromatic heterocycles. The fraction of sp³-hybridized carbons (Fsp3) is 0.174. The summed E-state index contributed by atoms with van der Waals surface area (Å²) in [5.74, 6) is 0.696. The van der Waals surface area contributed by atoms with Gasteiger partial charge in [-0.3, -0.25) is 0 Å². The van der Waals surface area contributed by atoms with Crippen LogP contribution in [-0.4, -0.2) is 24.9 Å². The Kier molecular flexibility index (Phi) is 5.52. The van der Waals surface area contributed by atoms with Gasteiger partial charge in [0.1, 0.15) is 0 Å². The largest absolute Gasteiger partial charge is 0.349 e. The van der Waals surface area contributed by atoms with Crippen LogP contribution in [0.15, 0.2) is 67.1 Å². The molecule has 0 unspecified atom stereocenters. The number of aryl methyl sites for hydroxylation is 2. The highest BCUT2D eigenvalue weighted by molar-refractivity contribution is 5.74. The summed E-state index contributed by atoms with van der Waals surface area (Å²) in [7, 11) is 0. The number of aromatic amines is 2. The number of nitrogens with zero attached hydrogens (tertiary/aromatic N) is 3. The SMILES string of the molecule is CC.c1cc2nc[nH]c(CCc3ccc(Nc4nc5ncccc5[nH]4)cc3)c-2c1. The van der Waals surface area contributed by atoms with E-state index < -0.39 is 0 Å². The molecule has 1 aliphatic heterocycles. The molecular formula is C23H24N6. The number of pyridine rings is 1. The highest BCUT2D eigenvalue weighted by Crippen LogP contribution is 2.24. The van der Waals surface area contributed by atoms with Crippen molar-refractivity contribution in [1.82, 2.24) is 24.9 Å². The van der Waals surface area contributed by atoms with Gasteiger partial charge in [0.25, 0.3) is 0 Å². The summed E-state index contributed by atoms with van der Waals surface area (Å²) < 4.78 is 0. The van der Waals surface area contributed by atoms with Crippen LogP contribution >= 0.6 is 0 Å². The summed E-state index contributed by atoms with van der Waals surface area (Å²) in [6.07, 6.45) is 5.43. The van der Waals surface area contributed by atoms with Crippen molar-refractivity contribution >= 4 is 22.8 Å². The van der Waals surface area contributed by atoms with Crippen molar-refractivity contribution < 1.29 is 0 Å². The molecule has 3 aromatic rings. The molecule has 0 saturated heterocycles. The third-order valence-electron chi connectivity index (χ3n) is 4.70. The van der Waals surface area contributed by atoms with Gasteiger partial charge < -0.3 is 15.3 Å². The average molecular weight is 384 g/mol. The Hall–Kier alpha value is -3.67. The Bertz CT molecular complexity index is 1120. The standard InChI is InChI=1S/C21H18N6.C2H6/c1-3-16-17(4-1)23-13-24-18(16)11-8-14-6-9-15(10-7-14)25-21-26-19-5-2-12-22-20(19)27-21;1-2/h1-7,9-10,12-13H,8,11H2,(H,23,24)(H2,22,25,26,27);1-2H3. The van der Waals surface area contributed by atoms with Crippen molar-refractivity contribution in [2.75, 3.05) is 5.32 Å². The van der Waals surface area contributed by atoms with Crippen molar-refractivity contribution in [3.8, 4) is 11.3 Å². The maximum Gasteiger partial charge on any atom is 0.207 e. The number of fused-ring (bicyclic) bond motifs is 2. The zero-order valence-corrected chi connectivity index (χ0v) is 16.6. The highest BCUT2D eigenvalue weighted by atomic mass is 15.1. The third kappa shape index (κ3) is 4.11. The first-order valence-corrected chi connectivity index (χ1v) is 9.93. The van der Waals surface area contributed by atoms with Crippen LogP contribution in [0.2, 0.25) is 0 Å². The number of imidazole rings is 1. The Labute approximate surface area is 169 Å². The van der Waals surface area contributed by atoms with E-state index in [4.69, 9.17) is 0 Å². The van der Waals surface area contributed by atoms with Crippen LogP contribution in [-0.2, 0) is 12.8 Å². The molecule has 3 heterocycles. The molecule has 146 valence electrons. The van der Waals surface area contributed by atoms with E-state index in [-0.39, 0.29) is 0 Å². The fourth-order valence-electron chi connectivity index (χ4n) is 3.31. The second-order valence-corrected chi connectivity index (χ2v) is 6.49. The van der Waals surface area contributed by atoms with E-state index in [9.17, 15) is 0 Å². The van der Waals surface area contributed by atoms with Gasteiger partial charge in [-0.05, 0) is 48.7 Å². The molecule has 0 radical (unpaired) electrons. The lowest BCUT2D eigenvalue weighted by Gasteiger charge is -2.08. The number of anilines is 2. The van der Waals surface area contributed by atoms with Gasteiger partial charge in [0, 0.05) is 23.1 Å². The zero-order chi connectivity index (χ0) is 20.1. The molecule has 0 amide bonds. The maximum absolute atomic E-state index is 4.44. The topological polar surface area (TPSA) is 82.3 Å². The predicted octanol–water partition coefficient (Wildman–Crippen LogP) is 5.34. The molecule has 6 heteroatoms. The molecule has 2 aliphatic rings. The summed E-state index contributed by atoms with van der Waals surface area (Å²) in [5, 5.41) is 3.29. The van der Waals surface area contributed by atoms with Gasteiger partial charge in [-0.15, -0.1) is 0 Å². The number of benzene rings is 1. The van der Waals surface area contributed by atoms with Gasteiger partial charge in [0.15, 0.2) is 5.65 Å². The van der Waals surface area contributed by atoms with Crippen LogP contribution in [0, 0.1) is 0 Å². The fourth-order valence-corrected chi connectivity index (χ4v) is 3.31. The molecule has 5 rings (SSSR count). The van der Waals surface area contributed by atoms with E-state index in [1.807, 2.05) is 38.1 Å². The second kappa shape index (κ2) is 8.56. The summed E-state index contributed by atoms with van der Waals surface area (Å²) in [6, 6.07) is 18.5. The Balaban J connectivity index is 0.000000994. The van der Waals surface area contributed by atoms with Crippen molar-refractivity contribution in [2.45, 2.75) is 26.7 Å². The molecule has 0 saturated carbocycles. The normalized spacial score (nSPS) is 10.7. The van der Waals surface area contributed by atoms with Gasteiger partial charge in [0.05, 0.1) is 17.5 Å². The number of H-pyrrole nitrogens is 2. The van der Waals surface area contributed by atoms with Crippen molar-refractivity contribution in [2.24, 2.45) is 0 Å². The molecule has 0 atom stereocenters. The van der Waals surface area contributed by atoms with Crippen LogP contribution in [0.5, 0.6) is 0 Å². The Morgan fingerprint density at radius 1 is 0.897 bits per heavy atom. The molecule has 0 fully saturated rings. The number of aromatic nitrogens is 5. The van der Waals surface area contributed by atoms with Crippen LogP contribution in [0.25, 0.3) is 22.4 Å². The first-order chi connectivity index (χ1) is 14.3. The van der Waals surface area contributed by atoms with Gasteiger partial charge >= 0.3 is 0 Å². The minimum absolute atomic E-state index is 0.696. The number of rotatable bonds is 5. The second-order valence-electron chi connectivity index (χ2n) is 6.49. The molecule has 3 N–H and O–H groups in total. The summed E-state index contributed by atoms with van der Waals surface area (Å²) in [4.78, 5) is 19.5. The first-order valence-electron chi connectivity index (χ1n) is 9.93. The molecule has 1 aromatic carbocycles. The van der Waals surface area contributed by atoms with E-state index in [0.29, 0.717) is 11.6 Å². The van der Waals surface area contributed by atoms with Crippen LogP contribution in [0.3, 0.4) is 0 Å². The molecule has 6 nitrogen and oxygen atoms in total. The quantitative estimate of drug-likeness (QED) is 0.382. The lowest BCUT2D eigenvalue weighted by molar-refractivity contribution is 0.904. The molecule has 0 bridgehead atoms. The van der Waals surface area contributed by atoms with E-state index in [1.54, 1.807) is 12.5 Å². The number of hydrogen-bond donors (Lipinski definition) is 3. The minimum Gasteiger partial charge on any atom is -0.349 e. The lowest BCUT2D eigenvalue weighted by Crippen LogP contribution is -1.99. The molecule has 0 spiro atoms. The van der Waals surface area contributed by atoms with E-state index >= 15 is 0 Å². The van der Waals surface area contributed by atoms with Gasteiger partial charge in [-0.1, -0.05) is 38.1 Å². The monoisotopic (exact) mass is 384 g/mol. The third-order valence-corrected chi connectivity index (χ3v) is 4.70. The number of nitrogens with one attached hydrogen (secondary N) is 3. The predicted molar refractivity (Wildman–Crippen MR) is 118 cm³/mol. The van der Waals surface area contributed by atoms with Gasteiger partial charge in [0.2, 0.25) is 5.95 Å². The molecular weight excluding hydrogens is 360 g/mol. The smallest absolute Gasteiger partial charge is 0.207 e. The van der Waals surface area contributed by atoms with Gasteiger partial charge in [-0.2, -0.15) is 4.98 Å². The zero-order valence-electron chi connectivity index (χ0n) is 16.6. The average Bonchev–Trinajstić information content (AvgIpc) is 3.41. The van der Waals surface area contributed by atoms with E-state index in [2.05, 4.69) is 60.6 Å². The van der Waals surface area contributed by atoms with Crippen LogP contribution < -0.4 is 5.32 Å². The molecule has 1 aliphatic carbocycles. The number of hydrogen-bond acceptors (Lipinski definition) is 4. The van der Waals surface area contributed by atoms with E-state index in [1.165, 1.54) is 16.8 Å². The first kappa shape index (κ1) is 18.7. The highest BCUT2D eigenvalue weighted by Gasteiger charge is 2.09.